The summed E-state index contributed by atoms with van der Waals surface area (Å²) in [4.78, 5) is 2.36. The van der Waals surface area contributed by atoms with Crippen molar-refractivity contribution in [1.82, 2.24) is 4.90 Å². The van der Waals surface area contributed by atoms with Crippen LogP contribution in [-0.2, 0) is 0 Å². The molecule has 2 heteroatoms. The molecule has 1 fully saturated rings. The van der Waals surface area contributed by atoms with Crippen molar-refractivity contribution in [3.63, 3.8) is 0 Å². The van der Waals surface area contributed by atoms with E-state index in [2.05, 4.69) is 11.9 Å². The molecule has 1 N–H and O–H groups in total. The fourth-order valence-corrected chi connectivity index (χ4v) is 1.95. The van der Waals surface area contributed by atoms with Gasteiger partial charge in [-0.2, -0.15) is 0 Å². The summed E-state index contributed by atoms with van der Waals surface area (Å²) < 4.78 is 0. The molecule has 0 bridgehead atoms. The lowest BCUT2D eigenvalue weighted by Crippen LogP contribution is -2.33. The van der Waals surface area contributed by atoms with Crippen molar-refractivity contribution in [3.8, 4) is 0 Å². The Morgan fingerprint density at radius 2 is 2.36 bits per heavy atom. The maximum absolute atomic E-state index is 9.17. The standard InChI is InChI=1S/C9H19NO/c1-8(11)6-9-4-3-5-10(2)7-9/h8-9,11H,3-7H2,1-2H3. The van der Waals surface area contributed by atoms with Crippen LogP contribution in [0.4, 0.5) is 0 Å². The van der Waals surface area contributed by atoms with Gasteiger partial charge >= 0.3 is 0 Å². The first kappa shape index (κ1) is 9.01. The van der Waals surface area contributed by atoms with Gasteiger partial charge in [-0.05, 0) is 45.7 Å². The van der Waals surface area contributed by atoms with Crippen molar-refractivity contribution in [1.29, 1.82) is 0 Å². The van der Waals surface area contributed by atoms with Crippen LogP contribution in [-0.4, -0.2) is 36.2 Å². The van der Waals surface area contributed by atoms with Crippen molar-refractivity contribution >= 4 is 0 Å². The zero-order valence-corrected chi connectivity index (χ0v) is 7.58. The Labute approximate surface area is 69.2 Å². The summed E-state index contributed by atoms with van der Waals surface area (Å²) >= 11 is 0. The van der Waals surface area contributed by atoms with Gasteiger partial charge < -0.3 is 10.0 Å². The van der Waals surface area contributed by atoms with Crippen LogP contribution in [0.5, 0.6) is 0 Å². The number of hydrogen-bond acceptors (Lipinski definition) is 2. The van der Waals surface area contributed by atoms with Crippen molar-refractivity contribution in [3.05, 3.63) is 0 Å². The van der Waals surface area contributed by atoms with Crippen molar-refractivity contribution in [2.75, 3.05) is 20.1 Å². The van der Waals surface area contributed by atoms with Crippen LogP contribution in [0.1, 0.15) is 26.2 Å². The van der Waals surface area contributed by atoms with E-state index in [0.29, 0.717) is 0 Å². The van der Waals surface area contributed by atoms with E-state index in [9.17, 15) is 5.11 Å². The minimum absolute atomic E-state index is 0.119. The summed E-state index contributed by atoms with van der Waals surface area (Å²) in [5.74, 6) is 0.730. The Bertz CT molecular complexity index is 112. The van der Waals surface area contributed by atoms with E-state index in [1.165, 1.54) is 25.9 Å². The summed E-state index contributed by atoms with van der Waals surface area (Å²) in [6.07, 6.45) is 3.46. The SMILES string of the molecule is CC(O)CC1CCCN(C)C1. The molecule has 1 rings (SSSR count). The van der Waals surface area contributed by atoms with Crippen molar-refractivity contribution in [2.45, 2.75) is 32.3 Å². The Morgan fingerprint density at radius 3 is 2.91 bits per heavy atom. The van der Waals surface area contributed by atoms with Crippen LogP contribution < -0.4 is 0 Å². The molecule has 0 spiro atoms. The van der Waals surface area contributed by atoms with Crippen LogP contribution in [0.25, 0.3) is 0 Å². The van der Waals surface area contributed by atoms with Crippen LogP contribution in [0.3, 0.4) is 0 Å². The van der Waals surface area contributed by atoms with Gasteiger partial charge in [-0.25, -0.2) is 0 Å². The van der Waals surface area contributed by atoms with E-state index in [1.54, 1.807) is 0 Å². The fraction of sp³-hybridized carbons (Fsp3) is 1.00. The van der Waals surface area contributed by atoms with Gasteiger partial charge in [0.2, 0.25) is 0 Å². The summed E-state index contributed by atoms with van der Waals surface area (Å²) in [7, 11) is 2.16. The van der Waals surface area contributed by atoms with E-state index >= 15 is 0 Å². The second-order valence-corrected chi connectivity index (χ2v) is 3.86. The van der Waals surface area contributed by atoms with Gasteiger partial charge in [0.05, 0.1) is 6.10 Å². The number of piperidine rings is 1. The van der Waals surface area contributed by atoms with Gasteiger partial charge in [-0.15, -0.1) is 0 Å². The molecule has 1 saturated heterocycles. The van der Waals surface area contributed by atoms with Gasteiger partial charge in [-0.1, -0.05) is 0 Å². The first-order chi connectivity index (χ1) is 5.18. The third kappa shape index (κ3) is 3.21. The molecule has 0 aromatic heterocycles. The molecule has 0 aromatic rings. The second kappa shape index (κ2) is 4.07. The van der Waals surface area contributed by atoms with Gasteiger partial charge in [0.1, 0.15) is 0 Å². The molecule has 0 aromatic carbocycles. The Balaban J connectivity index is 2.23. The minimum Gasteiger partial charge on any atom is -0.393 e. The molecular formula is C9H19NO. The molecular weight excluding hydrogens is 138 g/mol. The molecule has 1 aliphatic rings. The molecule has 11 heavy (non-hydrogen) atoms. The largest absolute Gasteiger partial charge is 0.393 e. The highest BCUT2D eigenvalue weighted by Gasteiger charge is 2.18. The predicted molar refractivity (Wildman–Crippen MR) is 46.5 cm³/mol. The molecule has 2 atom stereocenters. The Morgan fingerprint density at radius 1 is 1.64 bits per heavy atom. The first-order valence-electron chi connectivity index (χ1n) is 4.55. The monoisotopic (exact) mass is 157 g/mol. The van der Waals surface area contributed by atoms with Crippen LogP contribution >= 0.6 is 0 Å². The molecule has 0 amide bonds. The van der Waals surface area contributed by atoms with Crippen molar-refractivity contribution < 1.29 is 5.11 Å². The van der Waals surface area contributed by atoms with E-state index < -0.39 is 0 Å². The molecule has 1 heterocycles. The highest BCUT2D eigenvalue weighted by Crippen LogP contribution is 2.19. The number of likely N-dealkylation sites (tertiary alicyclic amines) is 1. The molecule has 1 aliphatic heterocycles. The summed E-state index contributed by atoms with van der Waals surface area (Å²) in [6, 6.07) is 0. The second-order valence-electron chi connectivity index (χ2n) is 3.86. The molecule has 0 aliphatic carbocycles. The molecule has 2 nitrogen and oxygen atoms in total. The molecule has 66 valence electrons. The third-order valence-corrected chi connectivity index (χ3v) is 2.40. The predicted octanol–water partition coefficient (Wildman–Crippen LogP) is 1.10. The number of rotatable bonds is 2. The zero-order chi connectivity index (χ0) is 8.27. The lowest BCUT2D eigenvalue weighted by Gasteiger charge is -2.30. The summed E-state index contributed by atoms with van der Waals surface area (Å²) in [5.41, 5.74) is 0. The van der Waals surface area contributed by atoms with E-state index in [4.69, 9.17) is 0 Å². The maximum Gasteiger partial charge on any atom is 0.0515 e. The quantitative estimate of drug-likeness (QED) is 0.649. The smallest absolute Gasteiger partial charge is 0.0515 e. The third-order valence-electron chi connectivity index (χ3n) is 2.40. The van der Waals surface area contributed by atoms with E-state index in [-0.39, 0.29) is 6.10 Å². The number of aliphatic hydroxyl groups excluding tert-OH is 1. The topological polar surface area (TPSA) is 23.5 Å². The van der Waals surface area contributed by atoms with E-state index in [0.717, 1.165) is 12.3 Å². The summed E-state index contributed by atoms with van der Waals surface area (Å²) in [5, 5.41) is 9.17. The minimum atomic E-state index is -0.119. The lowest BCUT2D eigenvalue weighted by atomic mass is 9.93. The van der Waals surface area contributed by atoms with Gasteiger partial charge in [-0.3, -0.25) is 0 Å². The highest BCUT2D eigenvalue weighted by molar-refractivity contribution is 4.71. The number of nitrogens with zero attached hydrogens (tertiary/aromatic N) is 1. The Hall–Kier alpha value is -0.0800. The van der Waals surface area contributed by atoms with Crippen LogP contribution in [0.15, 0.2) is 0 Å². The van der Waals surface area contributed by atoms with Crippen LogP contribution in [0, 0.1) is 5.92 Å². The average Bonchev–Trinajstić information content (AvgIpc) is 1.85. The maximum atomic E-state index is 9.17. The van der Waals surface area contributed by atoms with E-state index in [1.807, 2.05) is 6.92 Å². The first-order valence-corrected chi connectivity index (χ1v) is 4.55. The van der Waals surface area contributed by atoms with Gasteiger partial charge in [0, 0.05) is 6.54 Å². The van der Waals surface area contributed by atoms with Gasteiger partial charge in [0.15, 0.2) is 0 Å². The molecule has 2 unspecified atom stereocenters. The van der Waals surface area contributed by atoms with Crippen LogP contribution in [0.2, 0.25) is 0 Å². The fourth-order valence-electron chi connectivity index (χ4n) is 1.95. The van der Waals surface area contributed by atoms with Gasteiger partial charge in [0.25, 0.3) is 0 Å². The molecule has 0 radical (unpaired) electrons. The Kier molecular flexibility index (Phi) is 3.34. The zero-order valence-electron chi connectivity index (χ0n) is 7.58. The number of aliphatic hydroxyl groups is 1. The summed E-state index contributed by atoms with van der Waals surface area (Å²) in [6.45, 7) is 4.29. The van der Waals surface area contributed by atoms with Crippen molar-refractivity contribution in [2.24, 2.45) is 5.92 Å². The lowest BCUT2D eigenvalue weighted by molar-refractivity contribution is 0.122. The normalized spacial score (nSPS) is 30.3. The number of hydrogen-bond donors (Lipinski definition) is 1. The highest BCUT2D eigenvalue weighted by atomic mass is 16.3. The average molecular weight is 157 g/mol. The molecule has 0 saturated carbocycles.